The molecule has 0 bridgehead atoms. The molecule has 3 aromatic rings. The lowest BCUT2D eigenvalue weighted by Crippen LogP contribution is -2.33. The van der Waals surface area contributed by atoms with Crippen LogP contribution in [0, 0.1) is 0 Å². The Morgan fingerprint density at radius 1 is 0.935 bits per heavy atom. The summed E-state index contributed by atoms with van der Waals surface area (Å²) in [5, 5.41) is 5.71. The summed E-state index contributed by atoms with van der Waals surface area (Å²) in [5.74, 6) is -0.440. The van der Waals surface area contributed by atoms with Crippen LogP contribution < -0.4 is 10.6 Å². The number of hydrogen-bond acceptors (Lipinski definition) is 3. The van der Waals surface area contributed by atoms with Gasteiger partial charge in [0.15, 0.2) is 5.11 Å². The lowest BCUT2D eigenvalue weighted by atomic mass is 10.1. The average Bonchev–Trinajstić information content (AvgIpc) is 2.78. The third-order valence-corrected chi connectivity index (χ3v) is 4.64. The van der Waals surface area contributed by atoms with Gasteiger partial charge in [-0.25, -0.2) is 0 Å². The predicted molar refractivity (Wildman–Crippen MR) is 129 cm³/mol. The summed E-state index contributed by atoms with van der Waals surface area (Å²) < 4.78 is 0. The summed E-state index contributed by atoms with van der Waals surface area (Å²) in [7, 11) is 1.76. The van der Waals surface area contributed by atoms with Crippen molar-refractivity contribution in [2.75, 3.05) is 12.4 Å². The molecule has 0 saturated heterocycles. The molecule has 0 spiro atoms. The molecule has 31 heavy (non-hydrogen) atoms. The standard InChI is InChI=1S/C25H23N3O2S/c1-28(18-20-11-6-3-7-12-20)24(30)21-13-8-14-22(17-21)26-25(31)27-23(29)16-15-19-9-4-2-5-10-19/h2-17H,18H2,1H3,(H2,26,27,29,31)/b16-15+. The van der Waals surface area contributed by atoms with Gasteiger partial charge in [-0.2, -0.15) is 0 Å². The number of rotatable bonds is 6. The van der Waals surface area contributed by atoms with Crippen LogP contribution in [0.1, 0.15) is 21.5 Å². The van der Waals surface area contributed by atoms with Crippen LogP contribution in [0.15, 0.2) is 91.0 Å². The van der Waals surface area contributed by atoms with Gasteiger partial charge in [-0.15, -0.1) is 0 Å². The van der Waals surface area contributed by atoms with Crippen molar-refractivity contribution in [3.8, 4) is 0 Å². The highest BCUT2D eigenvalue weighted by Gasteiger charge is 2.13. The first kappa shape index (κ1) is 21.9. The Kier molecular flexibility index (Phi) is 7.67. The largest absolute Gasteiger partial charge is 0.337 e. The summed E-state index contributed by atoms with van der Waals surface area (Å²) in [6.45, 7) is 0.513. The maximum Gasteiger partial charge on any atom is 0.253 e. The van der Waals surface area contributed by atoms with Crippen molar-refractivity contribution in [3.05, 3.63) is 108 Å². The van der Waals surface area contributed by atoms with Crippen LogP contribution in [-0.2, 0) is 11.3 Å². The van der Waals surface area contributed by atoms with E-state index in [1.54, 1.807) is 42.3 Å². The second kappa shape index (κ2) is 10.8. The van der Waals surface area contributed by atoms with Crippen molar-refractivity contribution >= 4 is 40.9 Å². The van der Waals surface area contributed by atoms with Gasteiger partial charge in [-0.05, 0) is 47.6 Å². The first-order valence-corrected chi connectivity index (χ1v) is 10.2. The minimum atomic E-state index is -0.337. The second-order valence-corrected chi connectivity index (χ2v) is 7.32. The van der Waals surface area contributed by atoms with E-state index in [0.29, 0.717) is 17.8 Å². The minimum Gasteiger partial charge on any atom is -0.337 e. The van der Waals surface area contributed by atoms with Crippen LogP contribution >= 0.6 is 12.2 Å². The zero-order chi connectivity index (χ0) is 22.1. The molecule has 0 radical (unpaired) electrons. The molecular formula is C25H23N3O2S. The molecule has 0 fully saturated rings. The Morgan fingerprint density at radius 2 is 1.61 bits per heavy atom. The number of nitrogens with zero attached hydrogens (tertiary/aromatic N) is 1. The smallest absolute Gasteiger partial charge is 0.253 e. The monoisotopic (exact) mass is 429 g/mol. The molecule has 0 unspecified atom stereocenters. The molecule has 2 amide bonds. The second-order valence-electron chi connectivity index (χ2n) is 6.92. The molecule has 156 valence electrons. The van der Waals surface area contributed by atoms with E-state index in [2.05, 4.69) is 10.6 Å². The predicted octanol–water partition coefficient (Wildman–Crippen LogP) is 4.49. The number of nitrogens with one attached hydrogen (secondary N) is 2. The molecule has 0 aliphatic carbocycles. The molecule has 0 aromatic heterocycles. The Hall–Kier alpha value is -3.77. The van der Waals surface area contributed by atoms with E-state index in [1.807, 2.05) is 60.7 Å². The van der Waals surface area contributed by atoms with E-state index in [-0.39, 0.29) is 16.9 Å². The molecule has 0 aliphatic heterocycles. The molecule has 5 nitrogen and oxygen atoms in total. The van der Waals surface area contributed by atoms with E-state index in [0.717, 1.165) is 11.1 Å². The number of carbonyl (C=O) groups excluding carboxylic acids is 2. The van der Waals surface area contributed by atoms with Gasteiger partial charge in [-0.1, -0.05) is 66.7 Å². The van der Waals surface area contributed by atoms with Crippen LogP contribution in [0.5, 0.6) is 0 Å². The van der Waals surface area contributed by atoms with E-state index in [1.165, 1.54) is 6.08 Å². The van der Waals surface area contributed by atoms with Crippen LogP contribution in [0.4, 0.5) is 5.69 Å². The van der Waals surface area contributed by atoms with Crippen LogP contribution in [-0.4, -0.2) is 28.9 Å². The number of benzene rings is 3. The topological polar surface area (TPSA) is 61.4 Å². The Morgan fingerprint density at radius 3 is 2.32 bits per heavy atom. The van der Waals surface area contributed by atoms with Crippen molar-refractivity contribution < 1.29 is 9.59 Å². The van der Waals surface area contributed by atoms with Gasteiger partial charge < -0.3 is 10.2 Å². The zero-order valence-corrected chi connectivity index (χ0v) is 17.9. The van der Waals surface area contributed by atoms with Gasteiger partial charge in [0.05, 0.1) is 0 Å². The number of thiocarbonyl (C=S) groups is 1. The SMILES string of the molecule is CN(Cc1ccccc1)C(=O)c1cccc(NC(=S)NC(=O)/C=C/c2ccccc2)c1. The first-order chi connectivity index (χ1) is 15.0. The average molecular weight is 430 g/mol. The fourth-order valence-electron chi connectivity index (χ4n) is 2.93. The Balaban J connectivity index is 1.56. The third kappa shape index (κ3) is 6.90. The summed E-state index contributed by atoms with van der Waals surface area (Å²) in [5.41, 5.74) is 3.13. The van der Waals surface area contributed by atoms with Crippen LogP contribution in [0.25, 0.3) is 6.08 Å². The normalized spacial score (nSPS) is 10.5. The molecule has 2 N–H and O–H groups in total. The number of hydrogen-bond donors (Lipinski definition) is 2. The quantitative estimate of drug-likeness (QED) is 0.448. The van der Waals surface area contributed by atoms with E-state index >= 15 is 0 Å². The van der Waals surface area contributed by atoms with E-state index < -0.39 is 0 Å². The molecule has 0 heterocycles. The van der Waals surface area contributed by atoms with Gasteiger partial charge in [0.2, 0.25) is 5.91 Å². The molecule has 3 rings (SSSR count). The van der Waals surface area contributed by atoms with Crippen LogP contribution in [0.2, 0.25) is 0 Å². The summed E-state index contributed by atoms with van der Waals surface area (Å²) in [6, 6.07) is 26.3. The van der Waals surface area contributed by atoms with Crippen molar-refractivity contribution in [1.29, 1.82) is 0 Å². The molecule has 3 aromatic carbocycles. The van der Waals surface area contributed by atoms with Crippen LogP contribution in [0.3, 0.4) is 0 Å². The number of carbonyl (C=O) groups is 2. The molecular weight excluding hydrogens is 406 g/mol. The van der Waals surface area contributed by atoms with Crippen molar-refractivity contribution in [1.82, 2.24) is 10.2 Å². The molecule has 0 atom stereocenters. The van der Waals surface area contributed by atoms with Crippen molar-refractivity contribution in [2.45, 2.75) is 6.54 Å². The fraction of sp³-hybridized carbons (Fsp3) is 0.0800. The fourth-order valence-corrected chi connectivity index (χ4v) is 3.15. The van der Waals surface area contributed by atoms with Crippen molar-refractivity contribution in [2.24, 2.45) is 0 Å². The lowest BCUT2D eigenvalue weighted by molar-refractivity contribution is -0.115. The Labute approximate surface area is 187 Å². The maximum atomic E-state index is 12.8. The molecule has 0 aliphatic rings. The van der Waals surface area contributed by atoms with Gasteiger partial charge >= 0.3 is 0 Å². The third-order valence-electron chi connectivity index (χ3n) is 4.44. The molecule has 0 saturated carbocycles. The highest BCUT2D eigenvalue weighted by Crippen LogP contribution is 2.14. The van der Waals surface area contributed by atoms with E-state index in [9.17, 15) is 9.59 Å². The van der Waals surface area contributed by atoms with Gasteiger partial charge in [0, 0.05) is 30.9 Å². The highest BCUT2D eigenvalue weighted by atomic mass is 32.1. The summed E-state index contributed by atoms with van der Waals surface area (Å²) >= 11 is 5.22. The van der Waals surface area contributed by atoms with E-state index in [4.69, 9.17) is 12.2 Å². The first-order valence-electron chi connectivity index (χ1n) is 9.76. The highest BCUT2D eigenvalue weighted by molar-refractivity contribution is 7.80. The van der Waals surface area contributed by atoms with Gasteiger partial charge in [0.1, 0.15) is 0 Å². The Bertz CT molecular complexity index is 1080. The van der Waals surface area contributed by atoms with Gasteiger partial charge in [-0.3, -0.25) is 14.9 Å². The summed E-state index contributed by atoms with van der Waals surface area (Å²) in [4.78, 5) is 26.5. The maximum absolute atomic E-state index is 12.8. The number of anilines is 1. The lowest BCUT2D eigenvalue weighted by Gasteiger charge is -2.18. The molecule has 6 heteroatoms. The van der Waals surface area contributed by atoms with Gasteiger partial charge in [0.25, 0.3) is 5.91 Å². The number of amides is 2. The van der Waals surface area contributed by atoms with Crippen molar-refractivity contribution in [3.63, 3.8) is 0 Å². The minimum absolute atomic E-state index is 0.103. The zero-order valence-electron chi connectivity index (χ0n) is 17.1. The summed E-state index contributed by atoms with van der Waals surface area (Å²) in [6.07, 6.45) is 3.13.